The highest BCUT2D eigenvalue weighted by Crippen LogP contribution is 2.24. The summed E-state index contributed by atoms with van der Waals surface area (Å²) in [5.74, 6) is 0.974. The maximum atomic E-state index is 10.7. The van der Waals surface area contributed by atoms with E-state index in [9.17, 15) is 10.1 Å². The van der Waals surface area contributed by atoms with Crippen LogP contribution in [-0.4, -0.2) is 33.2 Å². The maximum Gasteiger partial charge on any atom is 0.271 e. The molecule has 1 aliphatic heterocycles. The van der Waals surface area contributed by atoms with Crippen LogP contribution in [0.25, 0.3) is 11.0 Å². The molecular formula is C13H16N4O2S. The molecule has 106 valence electrons. The van der Waals surface area contributed by atoms with Crippen molar-refractivity contribution in [2.75, 3.05) is 12.3 Å². The van der Waals surface area contributed by atoms with Gasteiger partial charge in [-0.2, -0.15) is 0 Å². The Bertz CT molecular complexity index is 622. The maximum absolute atomic E-state index is 10.7. The van der Waals surface area contributed by atoms with E-state index in [4.69, 9.17) is 0 Å². The van der Waals surface area contributed by atoms with Crippen LogP contribution in [-0.2, 0) is 0 Å². The highest BCUT2D eigenvalue weighted by atomic mass is 32.2. The third-order valence-electron chi connectivity index (χ3n) is 3.49. The van der Waals surface area contributed by atoms with Gasteiger partial charge in [0.15, 0.2) is 5.16 Å². The number of hydrogen-bond donors (Lipinski definition) is 2. The third kappa shape index (κ3) is 2.94. The minimum Gasteiger partial charge on any atom is -0.333 e. The lowest BCUT2D eigenvalue weighted by Crippen LogP contribution is -2.35. The quantitative estimate of drug-likeness (QED) is 0.514. The van der Waals surface area contributed by atoms with E-state index >= 15 is 0 Å². The van der Waals surface area contributed by atoms with Crippen LogP contribution in [0.15, 0.2) is 23.4 Å². The molecule has 2 aromatic rings. The third-order valence-corrected chi connectivity index (χ3v) is 4.52. The van der Waals surface area contributed by atoms with Gasteiger partial charge in [0.05, 0.1) is 16.0 Å². The normalized spacial score (nSPS) is 19.3. The fourth-order valence-corrected chi connectivity index (χ4v) is 3.39. The number of benzene rings is 1. The molecule has 1 saturated heterocycles. The first-order chi connectivity index (χ1) is 9.72. The highest BCUT2D eigenvalue weighted by molar-refractivity contribution is 7.99. The summed E-state index contributed by atoms with van der Waals surface area (Å²) in [7, 11) is 0. The van der Waals surface area contributed by atoms with E-state index in [1.54, 1.807) is 17.8 Å². The van der Waals surface area contributed by atoms with Crippen LogP contribution in [0.2, 0.25) is 0 Å². The Kier molecular flexibility index (Phi) is 3.88. The van der Waals surface area contributed by atoms with Crippen molar-refractivity contribution in [3.63, 3.8) is 0 Å². The fourth-order valence-electron chi connectivity index (χ4n) is 2.40. The molecule has 0 bridgehead atoms. The number of aromatic nitrogens is 2. The zero-order chi connectivity index (χ0) is 13.9. The zero-order valence-corrected chi connectivity index (χ0v) is 11.8. The Labute approximate surface area is 120 Å². The van der Waals surface area contributed by atoms with Gasteiger partial charge in [-0.1, -0.05) is 18.2 Å². The second-order valence-electron chi connectivity index (χ2n) is 4.96. The number of thioether (sulfide) groups is 1. The number of aromatic amines is 1. The van der Waals surface area contributed by atoms with Crippen LogP contribution in [0.1, 0.15) is 19.3 Å². The summed E-state index contributed by atoms with van der Waals surface area (Å²) in [5, 5.41) is 15.1. The number of piperidine rings is 1. The summed E-state index contributed by atoms with van der Waals surface area (Å²) >= 11 is 1.67. The van der Waals surface area contributed by atoms with Gasteiger partial charge in [-0.15, -0.1) is 0 Å². The molecular weight excluding hydrogens is 276 g/mol. The monoisotopic (exact) mass is 292 g/mol. The number of nitro groups is 1. The van der Waals surface area contributed by atoms with Crippen molar-refractivity contribution < 1.29 is 4.92 Å². The van der Waals surface area contributed by atoms with E-state index in [0.717, 1.165) is 28.5 Å². The molecule has 7 heteroatoms. The standard InChI is InChI=1S/C13H16N4O2S/c18-17(19)10-4-5-11-12(7-10)16-13(15-11)20-8-9-3-1-2-6-14-9/h4-5,7,9,14H,1-3,6,8H2,(H,15,16)/t9-/m0/s1. The number of fused-ring (bicyclic) bond motifs is 1. The average Bonchev–Trinajstić information content (AvgIpc) is 2.88. The fraction of sp³-hybridized carbons (Fsp3) is 0.462. The summed E-state index contributed by atoms with van der Waals surface area (Å²) in [6, 6.07) is 5.25. The number of rotatable bonds is 4. The SMILES string of the molecule is O=[N+]([O-])c1ccc2nc(SC[C@@H]3CCCCN3)[nH]c2c1. The van der Waals surface area contributed by atoms with Gasteiger partial charge in [-0.25, -0.2) is 4.98 Å². The molecule has 20 heavy (non-hydrogen) atoms. The van der Waals surface area contributed by atoms with Crippen LogP contribution in [0.5, 0.6) is 0 Å². The molecule has 0 amide bonds. The van der Waals surface area contributed by atoms with E-state index in [1.165, 1.54) is 31.4 Å². The first-order valence-electron chi connectivity index (χ1n) is 6.73. The van der Waals surface area contributed by atoms with Gasteiger partial charge in [0, 0.05) is 23.9 Å². The molecule has 1 aromatic heterocycles. The number of nitrogens with one attached hydrogen (secondary N) is 2. The molecule has 6 nitrogen and oxygen atoms in total. The summed E-state index contributed by atoms with van der Waals surface area (Å²) in [6.07, 6.45) is 3.75. The molecule has 1 fully saturated rings. The Balaban J connectivity index is 1.70. The first-order valence-corrected chi connectivity index (χ1v) is 7.71. The van der Waals surface area contributed by atoms with E-state index in [-0.39, 0.29) is 10.6 Å². The topological polar surface area (TPSA) is 83.8 Å². The zero-order valence-electron chi connectivity index (χ0n) is 11.0. The first kappa shape index (κ1) is 13.4. The van der Waals surface area contributed by atoms with Gasteiger partial charge in [0.2, 0.25) is 0 Å². The summed E-state index contributed by atoms with van der Waals surface area (Å²) in [5.41, 5.74) is 1.58. The van der Waals surface area contributed by atoms with Crippen LogP contribution < -0.4 is 5.32 Å². The number of nitrogens with zero attached hydrogens (tertiary/aromatic N) is 2. The van der Waals surface area contributed by atoms with Gasteiger partial charge in [0.1, 0.15) is 0 Å². The van der Waals surface area contributed by atoms with Crippen molar-refractivity contribution in [3.8, 4) is 0 Å². The summed E-state index contributed by atoms with van der Waals surface area (Å²) in [6.45, 7) is 1.09. The van der Waals surface area contributed by atoms with E-state index in [1.807, 2.05) is 0 Å². The lowest BCUT2D eigenvalue weighted by Gasteiger charge is -2.22. The van der Waals surface area contributed by atoms with Gasteiger partial charge >= 0.3 is 0 Å². The smallest absolute Gasteiger partial charge is 0.271 e. The Hall–Kier alpha value is -1.60. The van der Waals surface area contributed by atoms with Gasteiger partial charge < -0.3 is 10.3 Å². The van der Waals surface area contributed by atoms with Gasteiger partial charge in [0.25, 0.3) is 5.69 Å². The molecule has 1 atom stereocenters. The van der Waals surface area contributed by atoms with Crippen molar-refractivity contribution in [1.82, 2.24) is 15.3 Å². The number of nitro benzene ring substituents is 1. The van der Waals surface area contributed by atoms with Crippen molar-refractivity contribution in [1.29, 1.82) is 0 Å². The highest BCUT2D eigenvalue weighted by Gasteiger charge is 2.14. The van der Waals surface area contributed by atoms with E-state index < -0.39 is 0 Å². The molecule has 0 radical (unpaired) electrons. The average molecular weight is 292 g/mol. The number of hydrogen-bond acceptors (Lipinski definition) is 5. The Morgan fingerprint density at radius 3 is 3.10 bits per heavy atom. The summed E-state index contributed by atoms with van der Waals surface area (Å²) < 4.78 is 0. The van der Waals surface area contributed by atoms with E-state index in [2.05, 4.69) is 15.3 Å². The largest absolute Gasteiger partial charge is 0.333 e. The molecule has 1 aromatic carbocycles. The lowest BCUT2D eigenvalue weighted by molar-refractivity contribution is -0.384. The summed E-state index contributed by atoms with van der Waals surface area (Å²) in [4.78, 5) is 18.0. The predicted molar refractivity (Wildman–Crippen MR) is 79.1 cm³/mol. The minimum atomic E-state index is -0.390. The molecule has 1 aliphatic rings. The molecule has 3 rings (SSSR count). The lowest BCUT2D eigenvalue weighted by atomic mass is 10.1. The van der Waals surface area contributed by atoms with Crippen molar-refractivity contribution in [2.24, 2.45) is 0 Å². The number of H-pyrrole nitrogens is 1. The van der Waals surface area contributed by atoms with Crippen LogP contribution in [0.3, 0.4) is 0 Å². The van der Waals surface area contributed by atoms with Gasteiger partial charge in [-0.3, -0.25) is 10.1 Å². The number of non-ortho nitro benzene ring substituents is 1. The Morgan fingerprint density at radius 1 is 1.45 bits per heavy atom. The molecule has 2 N–H and O–H groups in total. The van der Waals surface area contributed by atoms with Crippen LogP contribution in [0.4, 0.5) is 5.69 Å². The van der Waals surface area contributed by atoms with Crippen molar-refractivity contribution in [3.05, 3.63) is 28.3 Å². The van der Waals surface area contributed by atoms with E-state index in [0.29, 0.717) is 6.04 Å². The van der Waals surface area contributed by atoms with Crippen molar-refractivity contribution in [2.45, 2.75) is 30.5 Å². The van der Waals surface area contributed by atoms with Crippen LogP contribution >= 0.6 is 11.8 Å². The molecule has 0 spiro atoms. The van der Waals surface area contributed by atoms with Crippen LogP contribution in [0, 0.1) is 10.1 Å². The Morgan fingerprint density at radius 2 is 2.35 bits per heavy atom. The second kappa shape index (κ2) is 5.80. The predicted octanol–water partition coefficient (Wildman–Crippen LogP) is 2.71. The van der Waals surface area contributed by atoms with Gasteiger partial charge in [-0.05, 0) is 25.5 Å². The van der Waals surface area contributed by atoms with Crippen molar-refractivity contribution >= 4 is 28.5 Å². The minimum absolute atomic E-state index is 0.0895. The number of imidazole rings is 1. The molecule has 0 saturated carbocycles. The molecule has 0 aliphatic carbocycles. The molecule has 0 unspecified atom stereocenters. The molecule has 2 heterocycles. The second-order valence-corrected chi connectivity index (χ2v) is 5.97.